The fourth-order valence-electron chi connectivity index (χ4n) is 1.99. The molecule has 0 aliphatic carbocycles. The van der Waals surface area contributed by atoms with Gasteiger partial charge in [0.2, 0.25) is 0 Å². The maximum Gasteiger partial charge on any atom is 0.119 e. The van der Waals surface area contributed by atoms with Gasteiger partial charge in [-0.15, -0.1) is 0 Å². The van der Waals surface area contributed by atoms with Gasteiger partial charge < -0.3 is 10.1 Å². The van der Waals surface area contributed by atoms with Gasteiger partial charge in [0, 0.05) is 28.2 Å². The van der Waals surface area contributed by atoms with Crippen LogP contribution in [0.5, 0.6) is 5.75 Å². The quantitative estimate of drug-likeness (QED) is 0.852. The van der Waals surface area contributed by atoms with Crippen LogP contribution in [0.1, 0.15) is 24.1 Å². The van der Waals surface area contributed by atoms with E-state index in [1.165, 1.54) is 0 Å². The third kappa shape index (κ3) is 3.66. The van der Waals surface area contributed by atoms with E-state index in [1.54, 1.807) is 7.11 Å². The Kier molecular flexibility index (Phi) is 5.30. The minimum absolute atomic E-state index is 0.178. The van der Waals surface area contributed by atoms with Gasteiger partial charge >= 0.3 is 0 Å². The maximum absolute atomic E-state index is 6.16. The topological polar surface area (TPSA) is 21.3 Å². The molecule has 20 heavy (non-hydrogen) atoms. The van der Waals surface area contributed by atoms with E-state index in [0.717, 1.165) is 16.9 Å². The van der Waals surface area contributed by atoms with E-state index in [4.69, 9.17) is 27.9 Å². The Bertz CT molecular complexity index is 566. The van der Waals surface area contributed by atoms with Crippen LogP contribution in [-0.2, 0) is 6.54 Å². The van der Waals surface area contributed by atoms with E-state index in [9.17, 15) is 0 Å². The first kappa shape index (κ1) is 15.2. The minimum Gasteiger partial charge on any atom is -0.497 e. The highest BCUT2D eigenvalue weighted by Gasteiger charge is 2.09. The lowest BCUT2D eigenvalue weighted by atomic mass is 10.1. The molecule has 1 atom stereocenters. The molecule has 0 saturated carbocycles. The Morgan fingerprint density at radius 2 is 1.75 bits per heavy atom. The molecule has 0 aliphatic rings. The summed E-state index contributed by atoms with van der Waals surface area (Å²) in [5.74, 6) is 0.854. The molecule has 0 aliphatic heterocycles. The minimum atomic E-state index is 0.178. The summed E-state index contributed by atoms with van der Waals surface area (Å²) in [6.07, 6.45) is 0. The highest BCUT2D eigenvalue weighted by Crippen LogP contribution is 2.25. The Morgan fingerprint density at radius 1 is 1.10 bits per heavy atom. The number of rotatable bonds is 5. The van der Waals surface area contributed by atoms with Crippen LogP contribution in [-0.4, -0.2) is 7.11 Å². The Morgan fingerprint density at radius 3 is 2.40 bits per heavy atom. The van der Waals surface area contributed by atoms with Crippen molar-refractivity contribution in [1.82, 2.24) is 5.32 Å². The molecule has 0 unspecified atom stereocenters. The average Bonchev–Trinajstić information content (AvgIpc) is 2.46. The van der Waals surface area contributed by atoms with E-state index in [1.807, 2.05) is 36.4 Å². The first-order valence-electron chi connectivity index (χ1n) is 6.42. The van der Waals surface area contributed by atoms with Crippen molar-refractivity contribution in [3.8, 4) is 5.75 Å². The van der Waals surface area contributed by atoms with E-state index in [-0.39, 0.29) is 6.04 Å². The second kappa shape index (κ2) is 6.98. The SMILES string of the molecule is COc1cccc([C@H](C)NCc2c(Cl)cccc2Cl)c1. The highest BCUT2D eigenvalue weighted by molar-refractivity contribution is 6.35. The third-order valence-electron chi connectivity index (χ3n) is 3.24. The van der Waals surface area contributed by atoms with Gasteiger partial charge in [-0.05, 0) is 36.8 Å². The van der Waals surface area contributed by atoms with Crippen molar-refractivity contribution in [3.63, 3.8) is 0 Å². The van der Waals surface area contributed by atoms with Gasteiger partial charge in [-0.2, -0.15) is 0 Å². The fraction of sp³-hybridized carbons (Fsp3) is 0.250. The van der Waals surface area contributed by atoms with Crippen molar-refractivity contribution in [2.45, 2.75) is 19.5 Å². The van der Waals surface area contributed by atoms with Gasteiger partial charge in [0.1, 0.15) is 5.75 Å². The summed E-state index contributed by atoms with van der Waals surface area (Å²) in [5.41, 5.74) is 2.08. The first-order valence-corrected chi connectivity index (χ1v) is 7.17. The summed E-state index contributed by atoms with van der Waals surface area (Å²) in [6, 6.07) is 13.7. The Labute approximate surface area is 129 Å². The fourth-order valence-corrected chi connectivity index (χ4v) is 2.52. The van der Waals surface area contributed by atoms with Crippen LogP contribution in [0.3, 0.4) is 0 Å². The molecule has 0 fully saturated rings. The molecule has 4 heteroatoms. The second-order valence-corrected chi connectivity index (χ2v) is 5.39. The van der Waals surface area contributed by atoms with Crippen molar-refractivity contribution in [1.29, 1.82) is 0 Å². The summed E-state index contributed by atoms with van der Waals surface area (Å²) in [4.78, 5) is 0. The molecule has 2 aromatic carbocycles. The number of nitrogens with one attached hydrogen (secondary N) is 1. The van der Waals surface area contributed by atoms with Gasteiger partial charge in [0.25, 0.3) is 0 Å². The number of methoxy groups -OCH3 is 1. The second-order valence-electron chi connectivity index (χ2n) is 4.58. The zero-order valence-electron chi connectivity index (χ0n) is 11.5. The summed E-state index contributed by atoms with van der Waals surface area (Å²) in [5, 5.41) is 4.79. The van der Waals surface area contributed by atoms with Crippen LogP contribution in [0.4, 0.5) is 0 Å². The molecule has 106 valence electrons. The van der Waals surface area contributed by atoms with Gasteiger partial charge in [0.15, 0.2) is 0 Å². The molecule has 2 rings (SSSR count). The smallest absolute Gasteiger partial charge is 0.119 e. The molecule has 0 amide bonds. The monoisotopic (exact) mass is 309 g/mol. The molecule has 1 N–H and O–H groups in total. The summed E-state index contributed by atoms with van der Waals surface area (Å²) < 4.78 is 5.24. The van der Waals surface area contributed by atoms with Gasteiger partial charge in [-0.25, -0.2) is 0 Å². The van der Waals surface area contributed by atoms with Crippen LogP contribution in [0.2, 0.25) is 10.0 Å². The van der Waals surface area contributed by atoms with E-state index in [2.05, 4.69) is 18.3 Å². The average molecular weight is 310 g/mol. The lowest BCUT2D eigenvalue weighted by Gasteiger charge is -2.16. The van der Waals surface area contributed by atoms with Gasteiger partial charge in [-0.3, -0.25) is 0 Å². The molecule has 0 aromatic heterocycles. The molecular formula is C16H17Cl2NO. The largest absolute Gasteiger partial charge is 0.497 e. The van der Waals surface area contributed by atoms with E-state index < -0.39 is 0 Å². The lowest BCUT2D eigenvalue weighted by Crippen LogP contribution is -2.18. The standard InChI is InChI=1S/C16H17Cl2NO/c1-11(12-5-3-6-13(9-12)20-2)19-10-14-15(17)7-4-8-16(14)18/h3-9,11,19H,10H2,1-2H3/t11-/m0/s1. The van der Waals surface area contributed by atoms with Crippen molar-refractivity contribution in [2.24, 2.45) is 0 Å². The van der Waals surface area contributed by atoms with Gasteiger partial charge in [0.05, 0.1) is 7.11 Å². The van der Waals surface area contributed by atoms with Crippen LogP contribution < -0.4 is 10.1 Å². The summed E-state index contributed by atoms with van der Waals surface area (Å²) in [6.45, 7) is 2.72. The molecular weight excluding hydrogens is 293 g/mol. The predicted molar refractivity (Wildman–Crippen MR) is 84.7 cm³/mol. The van der Waals surface area contributed by atoms with Crippen molar-refractivity contribution >= 4 is 23.2 Å². The Balaban J connectivity index is 2.06. The van der Waals surface area contributed by atoms with Crippen LogP contribution in [0.25, 0.3) is 0 Å². The van der Waals surface area contributed by atoms with Crippen LogP contribution >= 0.6 is 23.2 Å². The molecule has 2 aromatic rings. The van der Waals surface area contributed by atoms with Crippen LogP contribution in [0.15, 0.2) is 42.5 Å². The maximum atomic E-state index is 6.16. The number of benzene rings is 2. The Hall–Kier alpha value is -1.22. The molecule has 0 saturated heterocycles. The number of halogens is 2. The normalized spacial score (nSPS) is 12.2. The first-order chi connectivity index (χ1) is 9.61. The molecule has 0 radical (unpaired) electrons. The highest BCUT2D eigenvalue weighted by atomic mass is 35.5. The van der Waals surface area contributed by atoms with Crippen LogP contribution in [0, 0.1) is 0 Å². The van der Waals surface area contributed by atoms with Crippen molar-refractivity contribution < 1.29 is 4.74 Å². The lowest BCUT2D eigenvalue weighted by molar-refractivity contribution is 0.413. The van der Waals surface area contributed by atoms with Gasteiger partial charge in [-0.1, -0.05) is 41.4 Å². The molecule has 0 bridgehead atoms. The molecule has 2 nitrogen and oxygen atoms in total. The number of ether oxygens (including phenoxy) is 1. The van der Waals surface area contributed by atoms with E-state index in [0.29, 0.717) is 16.6 Å². The molecule has 0 spiro atoms. The molecule has 0 heterocycles. The number of hydrogen-bond acceptors (Lipinski definition) is 2. The third-order valence-corrected chi connectivity index (χ3v) is 3.95. The summed E-state index contributed by atoms with van der Waals surface area (Å²) >= 11 is 12.3. The van der Waals surface area contributed by atoms with Crippen molar-refractivity contribution in [3.05, 3.63) is 63.6 Å². The van der Waals surface area contributed by atoms with E-state index >= 15 is 0 Å². The zero-order valence-corrected chi connectivity index (χ0v) is 13.0. The summed E-state index contributed by atoms with van der Waals surface area (Å²) in [7, 11) is 1.67. The van der Waals surface area contributed by atoms with Crippen molar-refractivity contribution in [2.75, 3.05) is 7.11 Å². The zero-order chi connectivity index (χ0) is 14.5. The predicted octanol–water partition coefficient (Wildman–Crippen LogP) is 4.85. The number of hydrogen-bond donors (Lipinski definition) is 1.